The van der Waals surface area contributed by atoms with Crippen molar-refractivity contribution in [3.05, 3.63) is 22.4 Å². The molecule has 2 amide bonds. The molecule has 1 heterocycles. The van der Waals surface area contributed by atoms with E-state index in [1.54, 1.807) is 11.3 Å². The zero-order valence-electron chi connectivity index (χ0n) is 11.6. The molecule has 6 heteroatoms. The zero-order chi connectivity index (χ0) is 14.6. The van der Waals surface area contributed by atoms with Crippen LogP contribution in [0.15, 0.2) is 17.5 Å². The molecule has 1 aromatic rings. The van der Waals surface area contributed by atoms with E-state index in [0.29, 0.717) is 19.5 Å². The van der Waals surface area contributed by atoms with Crippen LogP contribution in [0.5, 0.6) is 0 Å². The van der Waals surface area contributed by atoms with Gasteiger partial charge in [0.1, 0.15) is 0 Å². The molecule has 0 saturated carbocycles. The summed E-state index contributed by atoms with van der Waals surface area (Å²) in [6.07, 6.45) is 4.18. The molecule has 0 aliphatic carbocycles. The second-order valence-electron chi connectivity index (χ2n) is 4.50. The van der Waals surface area contributed by atoms with Crippen LogP contribution in [0, 0.1) is 0 Å². The van der Waals surface area contributed by atoms with E-state index in [-0.39, 0.29) is 17.6 Å². The minimum Gasteiger partial charge on any atom is -0.356 e. The van der Waals surface area contributed by atoms with E-state index in [1.807, 2.05) is 11.4 Å². The number of amides is 2. The van der Waals surface area contributed by atoms with Crippen LogP contribution >= 0.6 is 24.0 Å². The highest BCUT2D eigenvalue weighted by Crippen LogP contribution is 2.08. The van der Waals surface area contributed by atoms with E-state index < -0.39 is 0 Å². The van der Waals surface area contributed by atoms with Crippen LogP contribution in [0.2, 0.25) is 0 Å². The van der Waals surface area contributed by atoms with Crippen LogP contribution in [0.4, 0.5) is 0 Å². The molecular weight excluding hydrogens is 292 g/mol. The fraction of sp³-hybridized carbons (Fsp3) is 0.571. The first-order valence-corrected chi connectivity index (χ1v) is 8.40. The molecule has 1 rings (SSSR count). The summed E-state index contributed by atoms with van der Waals surface area (Å²) in [5.74, 6) is 0.299. The highest BCUT2D eigenvalue weighted by atomic mass is 32.1. The highest BCUT2D eigenvalue weighted by Gasteiger charge is 2.01. The molecule has 1 aromatic heterocycles. The molecule has 0 radical (unpaired) electrons. The van der Waals surface area contributed by atoms with Crippen LogP contribution in [0.3, 0.4) is 0 Å². The lowest BCUT2D eigenvalue weighted by molar-refractivity contribution is -0.121. The van der Waals surface area contributed by atoms with Crippen molar-refractivity contribution in [3.63, 3.8) is 0 Å². The average Bonchev–Trinajstić information content (AvgIpc) is 2.95. The Morgan fingerprint density at radius 3 is 2.60 bits per heavy atom. The number of thiol groups is 1. The summed E-state index contributed by atoms with van der Waals surface area (Å²) in [4.78, 5) is 23.8. The summed E-state index contributed by atoms with van der Waals surface area (Å²) in [5, 5.41) is 7.73. The number of carbonyl (C=O) groups excluding carboxylic acids is 2. The van der Waals surface area contributed by atoms with Gasteiger partial charge in [-0.2, -0.15) is 12.6 Å². The van der Waals surface area contributed by atoms with Gasteiger partial charge in [0.05, 0.1) is 5.75 Å². The first-order valence-electron chi connectivity index (χ1n) is 6.89. The lowest BCUT2D eigenvalue weighted by atomic mass is 10.2. The summed E-state index contributed by atoms with van der Waals surface area (Å²) in [5.41, 5.74) is 0. The van der Waals surface area contributed by atoms with Crippen molar-refractivity contribution in [2.24, 2.45) is 0 Å². The Labute approximate surface area is 129 Å². The van der Waals surface area contributed by atoms with Gasteiger partial charge in [0, 0.05) is 24.4 Å². The van der Waals surface area contributed by atoms with Gasteiger partial charge in [-0.25, -0.2) is 0 Å². The zero-order valence-corrected chi connectivity index (χ0v) is 13.3. The molecule has 0 spiro atoms. The predicted octanol–water partition coefficient (Wildman–Crippen LogP) is 2.01. The lowest BCUT2D eigenvalue weighted by Gasteiger charge is -2.05. The maximum Gasteiger partial charge on any atom is 0.229 e. The Morgan fingerprint density at radius 1 is 1.10 bits per heavy atom. The standard InChI is InChI=1S/C14H22N2O2S2/c17-13(16-9-7-12-5-4-10-20-12)6-2-1-3-8-15-14(18)11-19/h4-5,10,19H,1-3,6-9,11H2,(H,15,18)(H,16,17). The van der Waals surface area contributed by atoms with E-state index in [2.05, 4.69) is 29.3 Å². The first kappa shape index (κ1) is 17.0. The fourth-order valence-electron chi connectivity index (χ4n) is 1.74. The van der Waals surface area contributed by atoms with Gasteiger partial charge in [0.15, 0.2) is 0 Å². The van der Waals surface area contributed by atoms with Gasteiger partial charge in [0.2, 0.25) is 11.8 Å². The Balaban J connectivity index is 1.91. The minimum absolute atomic E-state index is 0.0420. The number of unbranched alkanes of at least 4 members (excludes halogenated alkanes) is 2. The first-order chi connectivity index (χ1) is 9.72. The second-order valence-corrected chi connectivity index (χ2v) is 5.85. The van der Waals surface area contributed by atoms with Gasteiger partial charge in [-0.05, 0) is 30.7 Å². The maximum atomic E-state index is 11.6. The van der Waals surface area contributed by atoms with Crippen molar-refractivity contribution < 1.29 is 9.59 Å². The molecule has 0 aliphatic rings. The average molecular weight is 314 g/mol. The molecule has 0 fully saturated rings. The number of thiophene rings is 1. The lowest BCUT2D eigenvalue weighted by Crippen LogP contribution is -2.26. The third-order valence-electron chi connectivity index (χ3n) is 2.82. The Kier molecular flexibility index (Phi) is 9.15. The third kappa shape index (κ3) is 8.22. The number of rotatable bonds is 10. The monoisotopic (exact) mass is 314 g/mol. The predicted molar refractivity (Wildman–Crippen MR) is 86.4 cm³/mol. The molecule has 2 N–H and O–H groups in total. The smallest absolute Gasteiger partial charge is 0.229 e. The number of carbonyl (C=O) groups is 2. The quantitative estimate of drug-likeness (QED) is 0.457. The van der Waals surface area contributed by atoms with Crippen LogP contribution in [-0.2, 0) is 16.0 Å². The van der Waals surface area contributed by atoms with Crippen molar-refractivity contribution >= 4 is 35.8 Å². The van der Waals surface area contributed by atoms with E-state index >= 15 is 0 Å². The molecule has 0 aliphatic heterocycles. The van der Waals surface area contributed by atoms with E-state index in [1.165, 1.54) is 4.88 Å². The van der Waals surface area contributed by atoms with Gasteiger partial charge in [-0.3, -0.25) is 9.59 Å². The molecule has 4 nitrogen and oxygen atoms in total. The summed E-state index contributed by atoms with van der Waals surface area (Å²) in [6.45, 7) is 1.37. The SMILES string of the molecule is O=C(CS)NCCCCCC(=O)NCCc1cccs1. The van der Waals surface area contributed by atoms with E-state index in [0.717, 1.165) is 25.7 Å². The van der Waals surface area contributed by atoms with Crippen molar-refractivity contribution in [1.82, 2.24) is 10.6 Å². The Bertz CT molecular complexity index is 394. The molecular formula is C14H22N2O2S2. The molecule has 0 saturated heterocycles. The van der Waals surface area contributed by atoms with Crippen LogP contribution in [0.1, 0.15) is 30.6 Å². The van der Waals surface area contributed by atoms with E-state index in [4.69, 9.17) is 0 Å². The Morgan fingerprint density at radius 2 is 1.90 bits per heavy atom. The fourth-order valence-corrected chi connectivity index (χ4v) is 2.56. The summed E-state index contributed by atoms with van der Waals surface area (Å²) >= 11 is 5.59. The number of hydrogen-bond donors (Lipinski definition) is 3. The molecule has 0 aromatic carbocycles. The molecule has 112 valence electrons. The third-order valence-corrected chi connectivity index (χ3v) is 4.04. The van der Waals surface area contributed by atoms with Crippen molar-refractivity contribution in [2.75, 3.05) is 18.8 Å². The normalized spacial score (nSPS) is 10.2. The van der Waals surface area contributed by atoms with Crippen LogP contribution in [-0.4, -0.2) is 30.7 Å². The van der Waals surface area contributed by atoms with Crippen molar-refractivity contribution in [3.8, 4) is 0 Å². The Hall–Kier alpha value is -1.01. The number of nitrogens with one attached hydrogen (secondary N) is 2. The molecule has 20 heavy (non-hydrogen) atoms. The highest BCUT2D eigenvalue weighted by molar-refractivity contribution is 7.81. The topological polar surface area (TPSA) is 58.2 Å². The van der Waals surface area contributed by atoms with Crippen molar-refractivity contribution in [1.29, 1.82) is 0 Å². The summed E-state index contributed by atoms with van der Waals surface area (Å²) in [7, 11) is 0. The van der Waals surface area contributed by atoms with Crippen LogP contribution < -0.4 is 10.6 Å². The molecule has 0 atom stereocenters. The van der Waals surface area contributed by atoms with Gasteiger partial charge in [-0.1, -0.05) is 12.5 Å². The van der Waals surface area contributed by atoms with Gasteiger partial charge in [-0.15, -0.1) is 11.3 Å². The number of hydrogen-bond acceptors (Lipinski definition) is 4. The van der Waals surface area contributed by atoms with Gasteiger partial charge < -0.3 is 10.6 Å². The maximum absolute atomic E-state index is 11.6. The van der Waals surface area contributed by atoms with Crippen molar-refractivity contribution in [2.45, 2.75) is 32.1 Å². The minimum atomic E-state index is -0.0420. The summed E-state index contributed by atoms with van der Waals surface area (Å²) < 4.78 is 0. The van der Waals surface area contributed by atoms with Gasteiger partial charge >= 0.3 is 0 Å². The second kappa shape index (κ2) is 10.7. The molecule has 0 unspecified atom stereocenters. The molecule has 0 bridgehead atoms. The van der Waals surface area contributed by atoms with Gasteiger partial charge in [0.25, 0.3) is 0 Å². The summed E-state index contributed by atoms with van der Waals surface area (Å²) in [6, 6.07) is 4.10. The largest absolute Gasteiger partial charge is 0.356 e. The van der Waals surface area contributed by atoms with Crippen LogP contribution in [0.25, 0.3) is 0 Å². The van der Waals surface area contributed by atoms with E-state index in [9.17, 15) is 9.59 Å².